The first-order valence-electron chi connectivity index (χ1n) is 6.52. The van der Waals surface area contributed by atoms with Crippen molar-refractivity contribution in [1.29, 1.82) is 0 Å². The summed E-state index contributed by atoms with van der Waals surface area (Å²) in [6, 6.07) is 5.16. The molecule has 0 aliphatic carbocycles. The average molecular weight is 427 g/mol. The molecule has 0 saturated carbocycles. The Morgan fingerprint density at radius 3 is 2.75 bits per heavy atom. The van der Waals surface area contributed by atoms with Crippen LogP contribution < -0.4 is 0 Å². The summed E-state index contributed by atoms with van der Waals surface area (Å²) in [6.45, 7) is 3.42. The minimum Gasteiger partial charge on any atom is -0.377 e. The maximum absolute atomic E-state index is 12.7. The van der Waals surface area contributed by atoms with Crippen LogP contribution in [0.25, 0.3) is 0 Å². The van der Waals surface area contributed by atoms with Crippen LogP contribution in [-0.4, -0.2) is 38.5 Å². The number of likely N-dealkylation sites (N-methyl/N-ethyl adjacent to an activating group) is 1. The van der Waals surface area contributed by atoms with E-state index in [-0.39, 0.29) is 11.0 Å². The van der Waals surface area contributed by atoms with E-state index in [4.69, 9.17) is 4.74 Å². The Labute approximate surface area is 136 Å². The second-order valence-corrected chi connectivity index (χ2v) is 8.34. The molecule has 0 N–H and O–H groups in total. The highest BCUT2D eigenvalue weighted by Crippen LogP contribution is 2.29. The molecule has 0 amide bonds. The number of halogens is 2. The van der Waals surface area contributed by atoms with Gasteiger partial charge < -0.3 is 4.74 Å². The second-order valence-electron chi connectivity index (χ2n) is 4.67. The molecule has 2 rings (SSSR count). The minimum absolute atomic E-state index is 0.00986. The van der Waals surface area contributed by atoms with Gasteiger partial charge in [0.05, 0.1) is 11.0 Å². The zero-order chi connectivity index (χ0) is 14.8. The summed E-state index contributed by atoms with van der Waals surface area (Å²) < 4.78 is 33.8. The van der Waals surface area contributed by atoms with Gasteiger partial charge in [-0.3, -0.25) is 0 Å². The molecule has 1 atom stereocenters. The van der Waals surface area contributed by atoms with E-state index >= 15 is 0 Å². The van der Waals surface area contributed by atoms with E-state index in [0.29, 0.717) is 17.6 Å². The normalized spacial score (nSPS) is 19.7. The van der Waals surface area contributed by atoms with Gasteiger partial charge in [-0.15, -0.1) is 0 Å². The number of hydrogen-bond acceptors (Lipinski definition) is 3. The van der Waals surface area contributed by atoms with Crippen LogP contribution in [0.15, 0.2) is 32.0 Å². The minimum atomic E-state index is -3.52. The SMILES string of the molecule is CCN(CC1CCCO1)S(=O)(=O)c1cc(Br)ccc1Br. The predicted molar refractivity (Wildman–Crippen MR) is 85.2 cm³/mol. The topological polar surface area (TPSA) is 46.6 Å². The van der Waals surface area contributed by atoms with Crippen LogP contribution in [0.5, 0.6) is 0 Å². The molecule has 1 unspecified atom stereocenters. The first-order chi connectivity index (χ1) is 9.45. The molecule has 0 spiro atoms. The Bertz CT molecular complexity index is 571. The van der Waals surface area contributed by atoms with Crippen LogP contribution in [0.3, 0.4) is 0 Å². The Balaban J connectivity index is 2.28. The van der Waals surface area contributed by atoms with Crippen LogP contribution in [0, 0.1) is 0 Å². The van der Waals surface area contributed by atoms with Crippen molar-refractivity contribution in [1.82, 2.24) is 4.31 Å². The van der Waals surface area contributed by atoms with Crippen molar-refractivity contribution in [3.8, 4) is 0 Å². The van der Waals surface area contributed by atoms with E-state index in [9.17, 15) is 8.42 Å². The molecule has 1 saturated heterocycles. The lowest BCUT2D eigenvalue weighted by atomic mass is 10.2. The fraction of sp³-hybridized carbons (Fsp3) is 0.538. The lowest BCUT2D eigenvalue weighted by molar-refractivity contribution is 0.0946. The molecular weight excluding hydrogens is 410 g/mol. The van der Waals surface area contributed by atoms with Gasteiger partial charge in [0.15, 0.2) is 0 Å². The maximum atomic E-state index is 12.7. The number of sulfonamides is 1. The fourth-order valence-electron chi connectivity index (χ4n) is 2.23. The summed E-state index contributed by atoms with van der Waals surface area (Å²) >= 11 is 6.64. The van der Waals surface area contributed by atoms with E-state index in [1.165, 1.54) is 4.31 Å². The first-order valence-corrected chi connectivity index (χ1v) is 9.54. The summed E-state index contributed by atoms with van der Waals surface area (Å²) in [5.74, 6) is 0. The maximum Gasteiger partial charge on any atom is 0.244 e. The molecule has 1 heterocycles. The summed E-state index contributed by atoms with van der Waals surface area (Å²) in [4.78, 5) is 0.284. The number of rotatable bonds is 5. The highest BCUT2D eigenvalue weighted by atomic mass is 79.9. The Morgan fingerprint density at radius 1 is 1.40 bits per heavy atom. The second kappa shape index (κ2) is 6.87. The van der Waals surface area contributed by atoms with Crippen LogP contribution in [-0.2, 0) is 14.8 Å². The molecule has 20 heavy (non-hydrogen) atoms. The van der Waals surface area contributed by atoms with Crippen molar-refractivity contribution in [3.05, 3.63) is 27.1 Å². The lowest BCUT2D eigenvalue weighted by Gasteiger charge is -2.24. The molecule has 1 aliphatic rings. The molecule has 1 aromatic rings. The third-order valence-corrected chi connectivity index (χ3v) is 6.72. The van der Waals surface area contributed by atoms with Crippen molar-refractivity contribution in [2.45, 2.75) is 30.8 Å². The van der Waals surface area contributed by atoms with Crippen molar-refractivity contribution in [2.24, 2.45) is 0 Å². The average Bonchev–Trinajstić information content (AvgIpc) is 2.91. The Kier molecular flexibility index (Phi) is 5.64. The van der Waals surface area contributed by atoms with Crippen molar-refractivity contribution in [3.63, 3.8) is 0 Å². The number of hydrogen-bond donors (Lipinski definition) is 0. The molecule has 0 radical (unpaired) electrons. The molecule has 1 aromatic carbocycles. The molecule has 1 fully saturated rings. The highest BCUT2D eigenvalue weighted by molar-refractivity contribution is 9.11. The summed E-state index contributed by atoms with van der Waals surface area (Å²) in [6.07, 6.45) is 1.93. The molecule has 0 aromatic heterocycles. The molecule has 4 nitrogen and oxygen atoms in total. The van der Waals surface area contributed by atoms with Gasteiger partial charge in [-0.25, -0.2) is 8.42 Å². The number of benzene rings is 1. The first kappa shape index (κ1) is 16.4. The van der Waals surface area contributed by atoms with Crippen LogP contribution in [0.2, 0.25) is 0 Å². The van der Waals surface area contributed by atoms with E-state index in [2.05, 4.69) is 31.9 Å². The quantitative estimate of drug-likeness (QED) is 0.724. The van der Waals surface area contributed by atoms with E-state index < -0.39 is 10.0 Å². The van der Waals surface area contributed by atoms with Crippen molar-refractivity contribution < 1.29 is 13.2 Å². The standard InChI is InChI=1S/C13H17Br2NO3S/c1-2-16(9-11-4-3-7-19-11)20(17,18)13-8-10(14)5-6-12(13)15/h5-6,8,11H,2-4,7,9H2,1H3. The molecule has 1 aliphatic heterocycles. The third kappa shape index (κ3) is 3.62. The molecule has 7 heteroatoms. The van der Waals surface area contributed by atoms with Gasteiger partial charge >= 0.3 is 0 Å². The molecule has 0 bridgehead atoms. The molecule has 112 valence electrons. The summed E-state index contributed by atoms with van der Waals surface area (Å²) in [7, 11) is -3.52. The van der Waals surface area contributed by atoms with Gasteiger partial charge in [0.1, 0.15) is 0 Å². The zero-order valence-electron chi connectivity index (χ0n) is 11.2. The highest BCUT2D eigenvalue weighted by Gasteiger charge is 2.29. The third-order valence-electron chi connectivity index (χ3n) is 3.30. The van der Waals surface area contributed by atoms with Gasteiger partial charge in [0.2, 0.25) is 10.0 Å². The smallest absolute Gasteiger partial charge is 0.244 e. The summed E-state index contributed by atoms with van der Waals surface area (Å²) in [5.41, 5.74) is 0. The van der Waals surface area contributed by atoms with Gasteiger partial charge in [-0.2, -0.15) is 4.31 Å². The number of nitrogens with zero attached hydrogens (tertiary/aromatic N) is 1. The van der Waals surface area contributed by atoms with Gasteiger partial charge in [-0.05, 0) is 47.0 Å². The van der Waals surface area contributed by atoms with E-state index in [1.807, 2.05) is 6.92 Å². The fourth-order valence-corrected chi connectivity index (χ4v) is 5.17. The van der Waals surface area contributed by atoms with Crippen LogP contribution >= 0.6 is 31.9 Å². The van der Waals surface area contributed by atoms with Gasteiger partial charge in [0, 0.05) is 28.6 Å². The van der Waals surface area contributed by atoms with Crippen LogP contribution in [0.4, 0.5) is 0 Å². The van der Waals surface area contributed by atoms with Gasteiger partial charge in [0.25, 0.3) is 0 Å². The van der Waals surface area contributed by atoms with E-state index in [1.54, 1.807) is 18.2 Å². The summed E-state index contributed by atoms with van der Waals surface area (Å²) in [5, 5.41) is 0. The van der Waals surface area contributed by atoms with Crippen LogP contribution in [0.1, 0.15) is 19.8 Å². The van der Waals surface area contributed by atoms with Crippen molar-refractivity contribution >= 4 is 41.9 Å². The lowest BCUT2D eigenvalue weighted by Crippen LogP contribution is -2.37. The molecular formula is C13H17Br2NO3S. The zero-order valence-corrected chi connectivity index (χ0v) is 15.2. The number of ether oxygens (including phenoxy) is 1. The monoisotopic (exact) mass is 425 g/mol. The van der Waals surface area contributed by atoms with Crippen molar-refractivity contribution in [2.75, 3.05) is 19.7 Å². The van der Waals surface area contributed by atoms with Gasteiger partial charge in [-0.1, -0.05) is 22.9 Å². The predicted octanol–water partition coefficient (Wildman–Crippen LogP) is 3.40. The largest absolute Gasteiger partial charge is 0.377 e. The Morgan fingerprint density at radius 2 is 2.15 bits per heavy atom. The Hall–Kier alpha value is 0.0500. The van der Waals surface area contributed by atoms with E-state index in [0.717, 1.165) is 23.9 Å².